The van der Waals surface area contributed by atoms with Crippen molar-refractivity contribution in [3.8, 4) is 0 Å². The smallest absolute Gasteiger partial charge is 0.337 e. The molecule has 24 heavy (non-hydrogen) atoms. The Balaban J connectivity index is 2.42. The van der Waals surface area contributed by atoms with Crippen molar-refractivity contribution in [2.45, 2.75) is 4.90 Å². The number of non-ortho nitro benzene ring substituents is 1. The van der Waals surface area contributed by atoms with Gasteiger partial charge < -0.3 is 5.11 Å². The SMILES string of the molecule is O=C(O)c1cc(S(=O)(=O)Nc2ccc([N+](=O)[O-])cc2)c(Cl)cc1Cl. The van der Waals surface area contributed by atoms with Crippen molar-refractivity contribution in [2.75, 3.05) is 4.72 Å². The van der Waals surface area contributed by atoms with E-state index in [1.54, 1.807) is 0 Å². The van der Waals surface area contributed by atoms with Crippen LogP contribution in [-0.4, -0.2) is 24.4 Å². The molecule has 0 aliphatic rings. The number of carboxylic acids is 1. The monoisotopic (exact) mass is 390 g/mol. The largest absolute Gasteiger partial charge is 0.478 e. The van der Waals surface area contributed by atoms with Crippen LogP contribution < -0.4 is 4.72 Å². The maximum atomic E-state index is 12.4. The van der Waals surface area contributed by atoms with Crippen LogP contribution in [0.15, 0.2) is 41.3 Å². The molecule has 0 heterocycles. The third kappa shape index (κ3) is 3.75. The summed E-state index contributed by atoms with van der Waals surface area (Å²) in [7, 11) is -4.22. The predicted octanol–water partition coefficient (Wildman–Crippen LogP) is 3.40. The van der Waals surface area contributed by atoms with Gasteiger partial charge in [0, 0.05) is 17.8 Å². The number of anilines is 1. The number of nitrogens with zero attached hydrogens (tertiary/aromatic N) is 1. The molecular weight excluding hydrogens is 383 g/mol. The first-order valence-corrected chi connectivity index (χ1v) is 8.35. The van der Waals surface area contributed by atoms with Crippen molar-refractivity contribution < 1.29 is 23.2 Å². The third-order valence-corrected chi connectivity index (χ3v) is 5.03. The van der Waals surface area contributed by atoms with E-state index in [1.807, 2.05) is 0 Å². The van der Waals surface area contributed by atoms with Crippen molar-refractivity contribution >= 4 is 50.6 Å². The lowest BCUT2D eigenvalue weighted by atomic mass is 10.2. The van der Waals surface area contributed by atoms with Crippen molar-refractivity contribution in [3.63, 3.8) is 0 Å². The highest BCUT2D eigenvalue weighted by Crippen LogP contribution is 2.30. The van der Waals surface area contributed by atoms with Gasteiger partial charge in [-0.3, -0.25) is 14.8 Å². The maximum absolute atomic E-state index is 12.4. The number of nitro benzene ring substituents is 1. The molecule has 8 nitrogen and oxygen atoms in total. The summed E-state index contributed by atoms with van der Waals surface area (Å²) in [6.07, 6.45) is 0. The molecule has 126 valence electrons. The Bertz CT molecular complexity index is 928. The number of benzene rings is 2. The van der Waals surface area contributed by atoms with Gasteiger partial charge in [0.2, 0.25) is 0 Å². The summed E-state index contributed by atoms with van der Waals surface area (Å²) in [6, 6.07) is 6.46. The van der Waals surface area contributed by atoms with Crippen LogP contribution in [0.25, 0.3) is 0 Å². The molecule has 0 radical (unpaired) electrons. The third-order valence-electron chi connectivity index (χ3n) is 2.87. The molecule has 0 aliphatic carbocycles. The Labute approximate surface area is 145 Å². The number of nitrogens with one attached hydrogen (secondary N) is 1. The van der Waals surface area contributed by atoms with Crippen LogP contribution in [0.2, 0.25) is 10.0 Å². The van der Waals surface area contributed by atoms with Gasteiger partial charge in [0.1, 0.15) is 4.90 Å². The molecule has 0 atom stereocenters. The molecule has 0 amide bonds. The quantitative estimate of drug-likeness (QED) is 0.594. The maximum Gasteiger partial charge on any atom is 0.337 e. The second kappa shape index (κ2) is 6.63. The zero-order chi connectivity index (χ0) is 18.1. The Hall–Kier alpha value is -2.36. The topological polar surface area (TPSA) is 127 Å². The number of carbonyl (C=O) groups is 1. The summed E-state index contributed by atoms with van der Waals surface area (Å²) in [5, 5.41) is 19.1. The summed E-state index contributed by atoms with van der Waals surface area (Å²) in [5.41, 5.74) is -0.593. The molecule has 0 saturated heterocycles. The van der Waals surface area contributed by atoms with Crippen molar-refractivity contribution in [2.24, 2.45) is 0 Å². The summed E-state index contributed by atoms with van der Waals surface area (Å²) in [6.45, 7) is 0. The fraction of sp³-hybridized carbons (Fsp3) is 0. The average molecular weight is 391 g/mol. The number of sulfonamides is 1. The van der Waals surface area contributed by atoms with Crippen LogP contribution in [0, 0.1) is 10.1 Å². The van der Waals surface area contributed by atoms with E-state index in [1.165, 1.54) is 12.1 Å². The van der Waals surface area contributed by atoms with Gasteiger partial charge in [-0.25, -0.2) is 13.2 Å². The van der Waals surface area contributed by atoms with Gasteiger partial charge in [0.05, 0.1) is 20.5 Å². The van der Waals surface area contributed by atoms with Crippen LogP contribution in [0.1, 0.15) is 10.4 Å². The number of aromatic carboxylic acids is 1. The lowest BCUT2D eigenvalue weighted by Crippen LogP contribution is -2.14. The normalized spacial score (nSPS) is 11.1. The minimum absolute atomic E-state index is 0.0449. The molecule has 0 fully saturated rings. The Kier molecular flexibility index (Phi) is 4.97. The van der Waals surface area contributed by atoms with Gasteiger partial charge in [-0.1, -0.05) is 23.2 Å². The molecule has 0 bridgehead atoms. The standard InChI is InChI=1S/C13H8Cl2N2O6S/c14-10-6-11(15)12(5-9(10)13(18)19)24(22,23)16-7-1-3-8(4-2-7)17(20)21/h1-6,16H,(H,18,19). The van der Waals surface area contributed by atoms with E-state index in [4.69, 9.17) is 28.3 Å². The van der Waals surface area contributed by atoms with Gasteiger partial charge in [0.25, 0.3) is 15.7 Å². The van der Waals surface area contributed by atoms with Gasteiger partial charge >= 0.3 is 5.97 Å². The minimum atomic E-state index is -4.22. The molecule has 0 saturated carbocycles. The Morgan fingerprint density at radius 2 is 1.71 bits per heavy atom. The molecule has 0 aliphatic heterocycles. The predicted molar refractivity (Wildman–Crippen MR) is 87.3 cm³/mol. The average Bonchev–Trinajstić information content (AvgIpc) is 2.46. The fourth-order valence-electron chi connectivity index (χ4n) is 1.76. The molecule has 2 aromatic rings. The molecule has 0 unspecified atom stereocenters. The van der Waals surface area contributed by atoms with Gasteiger partial charge in [-0.2, -0.15) is 0 Å². The second-order valence-electron chi connectivity index (χ2n) is 4.48. The number of hydrogen-bond donors (Lipinski definition) is 2. The van der Waals surface area contributed by atoms with E-state index in [-0.39, 0.29) is 21.4 Å². The minimum Gasteiger partial charge on any atom is -0.478 e. The van der Waals surface area contributed by atoms with Crippen LogP contribution in [0.4, 0.5) is 11.4 Å². The van der Waals surface area contributed by atoms with Crippen LogP contribution in [-0.2, 0) is 10.0 Å². The molecule has 2 N–H and O–H groups in total. The lowest BCUT2D eigenvalue weighted by Gasteiger charge is -2.11. The number of carboxylic acid groups (broad SMARTS) is 1. The molecular formula is C13H8Cl2N2O6S. The van der Waals surface area contributed by atoms with Crippen LogP contribution in [0.5, 0.6) is 0 Å². The second-order valence-corrected chi connectivity index (χ2v) is 6.94. The Morgan fingerprint density at radius 3 is 2.21 bits per heavy atom. The summed E-state index contributed by atoms with van der Waals surface area (Å²) >= 11 is 11.5. The number of nitro groups is 1. The van der Waals surface area contributed by atoms with Crippen molar-refractivity contribution in [1.29, 1.82) is 0 Å². The summed E-state index contributed by atoms with van der Waals surface area (Å²) in [5.74, 6) is -1.41. The van der Waals surface area contributed by atoms with Gasteiger partial charge in [-0.05, 0) is 24.3 Å². The van der Waals surface area contributed by atoms with E-state index in [0.29, 0.717) is 0 Å². The number of halogens is 2. The van der Waals surface area contributed by atoms with Crippen LogP contribution in [0.3, 0.4) is 0 Å². The van der Waals surface area contributed by atoms with Crippen molar-refractivity contribution in [1.82, 2.24) is 0 Å². The van der Waals surface area contributed by atoms with E-state index < -0.39 is 31.4 Å². The number of rotatable bonds is 5. The van der Waals surface area contributed by atoms with E-state index in [9.17, 15) is 23.3 Å². The molecule has 0 spiro atoms. The van der Waals surface area contributed by atoms with Gasteiger partial charge in [-0.15, -0.1) is 0 Å². The number of hydrogen-bond acceptors (Lipinski definition) is 5. The van der Waals surface area contributed by atoms with Gasteiger partial charge in [0.15, 0.2) is 0 Å². The van der Waals surface area contributed by atoms with Crippen molar-refractivity contribution in [3.05, 3.63) is 62.1 Å². The van der Waals surface area contributed by atoms with E-state index >= 15 is 0 Å². The van der Waals surface area contributed by atoms with E-state index in [2.05, 4.69) is 4.72 Å². The molecule has 2 rings (SSSR count). The molecule has 2 aromatic carbocycles. The first kappa shape index (κ1) is 18.0. The molecule has 0 aromatic heterocycles. The molecule has 11 heteroatoms. The first-order chi connectivity index (χ1) is 11.1. The zero-order valence-corrected chi connectivity index (χ0v) is 13.9. The Morgan fingerprint density at radius 1 is 1.12 bits per heavy atom. The highest BCUT2D eigenvalue weighted by Gasteiger charge is 2.23. The zero-order valence-electron chi connectivity index (χ0n) is 11.6. The first-order valence-electron chi connectivity index (χ1n) is 6.11. The fourth-order valence-corrected chi connectivity index (χ4v) is 3.67. The summed E-state index contributed by atoms with van der Waals surface area (Å²) in [4.78, 5) is 20.5. The highest BCUT2D eigenvalue weighted by molar-refractivity contribution is 7.92. The lowest BCUT2D eigenvalue weighted by molar-refractivity contribution is -0.384. The van der Waals surface area contributed by atoms with Crippen LogP contribution >= 0.6 is 23.2 Å². The summed E-state index contributed by atoms with van der Waals surface area (Å²) < 4.78 is 26.9. The highest BCUT2D eigenvalue weighted by atomic mass is 35.5. The van der Waals surface area contributed by atoms with E-state index in [0.717, 1.165) is 24.3 Å².